The maximum atomic E-state index is 13.9. The van der Waals surface area contributed by atoms with Crippen LogP contribution < -0.4 is 15.6 Å². The highest BCUT2D eigenvalue weighted by molar-refractivity contribution is 7.99. The van der Waals surface area contributed by atoms with Gasteiger partial charge in [-0.1, -0.05) is 55.7 Å². The van der Waals surface area contributed by atoms with Crippen LogP contribution in [0.15, 0.2) is 94.0 Å². The van der Waals surface area contributed by atoms with Crippen molar-refractivity contribution in [1.29, 1.82) is 0 Å². The number of benzene rings is 2. The van der Waals surface area contributed by atoms with Gasteiger partial charge in [0.25, 0.3) is 5.56 Å². The van der Waals surface area contributed by atoms with E-state index in [9.17, 15) is 4.79 Å². The lowest BCUT2D eigenvalue weighted by atomic mass is 10.2. The molecule has 0 saturated heterocycles. The highest BCUT2D eigenvalue weighted by Crippen LogP contribution is 2.39. The molecule has 0 radical (unpaired) electrons. The SMILES string of the molecule is COc1cccc(Sc2cn(COCC[Si](C)(C)C)c3ncnc(N[C@@H](C)c4nn5ccc(C)c5c(=O)n4-c4ccccc4)c23)c1. The van der Waals surface area contributed by atoms with E-state index in [4.69, 9.17) is 24.5 Å². The Bertz CT molecular complexity index is 2050. The summed E-state index contributed by atoms with van der Waals surface area (Å²) in [5.41, 5.74) is 2.80. The summed E-state index contributed by atoms with van der Waals surface area (Å²) in [6.45, 7) is 12.0. The predicted octanol–water partition coefficient (Wildman–Crippen LogP) is 7.18. The maximum absolute atomic E-state index is 13.9. The number of aromatic nitrogens is 6. The highest BCUT2D eigenvalue weighted by Gasteiger charge is 2.23. The molecule has 4 heterocycles. The topological polar surface area (TPSA) is 100 Å². The molecular formula is C34H39N7O3SSi. The van der Waals surface area contributed by atoms with Crippen molar-refractivity contribution in [2.45, 2.75) is 62.1 Å². The summed E-state index contributed by atoms with van der Waals surface area (Å²) in [6, 6.07) is 20.2. The van der Waals surface area contributed by atoms with Crippen molar-refractivity contribution in [3.63, 3.8) is 0 Å². The number of para-hydroxylation sites is 1. The zero-order valence-corrected chi connectivity index (χ0v) is 28.8. The third-order valence-electron chi connectivity index (χ3n) is 7.78. The summed E-state index contributed by atoms with van der Waals surface area (Å²) >= 11 is 1.61. The summed E-state index contributed by atoms with van der Waals surface area (Å²) in [5, 5.41) is 9.38. The molecule has 0 unspecified atom stereocenters. The highest BCUT2D eigenvalue weighted by atomic mass is 32.2. The molecule has 0 aliphatic rings. The van der Waals surface area contributed by atoms with Gasteiger partial charge in [-0.2, -0.15) is 5.10 Å². The molecule has 0 amide bonds. The second kappa shape index (κ2) is 13.1. The molecule has 6 rings (SSSR count). The molecule has 4 aromatic heterocycles. The van der Waals surface area contributed by atoms with Crippen LogP contribution in [-0.4, -0.2) is 50.5 Å². The quantitative estimate of drug-likeness (QED) is 0.110. The van der Waals surface area contributed by atoms with Gasteiger partial charge in [-0.05, 0) is 61.9 Å². The normalized spacial score (nSPS) is 12.6. The fourth-order valence-electron chi connectivity index (χ4n) is 5.31. The second-order valence-electron chi connectivity index (χ2n) is 12.5. The first-order valence-corrected chi connectivity index (χ1v) is 19.8. The summed E-state index contributed by atoms with van der Waals surface area (Å²) in [4.78, 5) is 25.3. The standard InChI is InChI=1S/C34H39N7O3SSi/c1-23-15-16-40-30(23)34(42)41(25-11-8-7-9-12-25)32(38-40)24(2)37-31-29-28(45-27-14-10-13-26(19-27)43-3)20-39(33(29)36-21-35-31)22-44-17-18-46(4,5)6/h7-16,19-21,24H,17-18,22H2,1-6H3,(H,35,36,37)/t24-/m0/s1. The van der Waals surface area contributed by atoms with Crippen LogP contribution in [-0.2, 0) is 11.5 Å². The van der Waals surface area contributed by atoms with E-state index < -0.39 is 14.1 Å². The summed E-state index contributed by atoms with van der Waals surface area (Å²) in [5.74, 6) is 1.98. The van der Waals surface area contributed by atoms with Crippen LogP contribution in [0.1, 0.15) is 24.4 Å². The number of hydrogen-bond donors (Lipinski definition) is 1. The zero-order valence-electron chi connectivity index (χ0n) is 27.0. The van der Waals surface area contributed by atoms with E-state index in [-0.39, 0.29) is 5.56 Å². The Morgan fingerprint density at radius 2 is 1.85 bits per heavy atom. The van der Waals surface area contributed by atoms with Gasteiger partial charge in [-0.25, -0.2) is 14.5 Å². The minimum atomic E-state index is -1.23. The van der Waals surface area contributed by atoms with Crippen molar-refractivity contribution in [3.05, 3.63) is 101 Å². The smallest absolute Gasteiger partial charge is 0.282 e. The molecule has 0 spiro atoms. The van der Waals surface area contributed by atoms with Gasteiger partial charge in [0.05, 0.1) is 24.2 Å². The summed E-state index contributed by atoms with van der Waals surface area (Å²) in [6.07, 6.45) is 5.46. The Hall–Kier alpha value is -4.39. The van der Waals surface area contributed by atoms with Crippen LogP contribution in [0.4, 0.5) is 5.82 Å². The molecule has 238 valence electrons. The number of hydrogen-bond acceptors (Lipinski definition) is 8. The van der Waals surface area contributed by atoms with Crippen molar-refractivity contribution in [1.82, 2.24) is 28.7 Å². The van der Waals surface area contributed by atoms with Crippen LogP contribution >= 0.6 is 11.8 Å². The van der Waals surface area contributed by atoms with Crippen LogP contribution in [0, 0.1) is 6.92 Å². The van der Waals surface area contributed by atoms with Crippen molar-refractivity contribution in [2.75, 3.05) is 19.0 Å². The molecule has 2 aromatic carbocycles. The Labute approximate surface area is 273 Å². The summed E-state index contributed by atoms with van der Waals surface area (Å²) < 4.78 is 17.0. The fraction of sp³-hybridized carbons (Fsp3) is 0.294. The average molecular weight is 654 g/mol. The second-order valence-corrected chi connectivity index (χ2v) is 19.2. The van der Waals surface area contributed by atoms with Gasteiger partial charge in [0.15, 0.2) is 5.82 Å². The Balaban J connectivity index is 1.42. The van der Waals surface area contributed by atoms with Gasteiger partial charge in [-0.3, -0.25) is 9.36 Å². The van der Waals surface area contributed by atoms with E-state index in [2.05, 4.69) is 37.2 Å². The molecule has 0 aliphatic heterocycles. The van der Waals surface area contributed by atoms with E-state index in [1.807, 2.05) is 79.2 Å². The fourth-order valence-corrected chi connectivity index (χ4v) is 7.12. The van der Waals surface area contributed by atoms with E-state index >= 15 is 0 Å². The molecule has 10 nitrogen and oxygen atoms in total. The number of rotatable bonds is 12. The van der Waals surface area contributed by atoms with E-state index in [1.165, 1.54) is 0 Å². The van der Waals surface area contributed by atoms with Crippen molar-refractivity contribution < 1.29 is 9.47 Å². The minimum Gasteiger partial charge on any atom is -0.497 e. The number of aryl methyl sites for hydroxylation is 1. The molecule has 1 atom stereocenters. The van der Waals surface area contributed by atoms with E-state index in [0.717, 1.165) is 43.9 Å². The maximum Gasteiger partial charge on any atom is 0.282 e. The lowest BCUT2D eigenvalue weighted by molar-refractivity contribution is 0.0896. The van der Waals surface area contributed by atoms with Crippen molar-refractivity contribution in [2.24, 2.45) is 0 Å². The van der Waals surface area contributed by atoms with Gasteiger partial charge >= 0.3 is 0 Å². The molecule has 0 fully saturated rings. The van der Waals surface area contributed by atoms with E-state index in [1.54, 1.807) is 34.3 Å². The molecule has 0 bridgehead atoms. The van der Waals surface area contributed by atoms with Gasteiger partial charge in [0.2, 0.25) is 0 Å². The Kier molecular flexibility index (Phi) is 9.03. The average Bonchev–Trinajstić information content (AvgIpc) is 3.59. The molecule has 6 aromatic rings. The lowest BCUT2D eigenvalue weighted by Gasteiger charge is -2.20. The van der Waals surface area contributed by atoms with Gasteiger partial charge in [0, 0.05) is 36.9 Å². The Morgan fingerprint density at radius 3 is 2.61 bits per heavy atom. The number of nitrogens with one attached hydrogen (secondary N) is 1. The zero-order chi connectivity index (χ0) is 32.4. The third kappa shape index (κ3) is 6.60. The van der Waals surface area contributed by atoms with Gasteiger partial charge in [0.1, 0.15) is 35.8 Å². The minimum absolute atomic E-state index is 0.129. The number of anilines is 1. The lowest BCUT2D eigenvalue weighted by Crippen LogP contribution is -2.29. The number of methoxy groups -OCH3 is 1. The molecule has 0 aliphatic carbocycles. The predicted molar refractivity (Wildman–Crippen MR) is 186 cm³/mol. The van der Waals surface area contributed by atoms with Crippen LogP contribution in [0.25, 0.3) is 22.2 Å². The monoisotopic (exact) mass is 653 g/mol. The number of nitrogens with zero attached hydrogens (tertiary/aromatic N) is 6. The first kappa shape index (κ1) is 31.6. The third-order valence-corrected chi connectivity index (χ3v) is 10.5. The number of ether oxygens (including phenoxy) is 2. The van der Waals surface area contributed by atoms with Gasteiger partial charge in [-0.15, -0.1) is 0 Å². The molecule has 0 saturated carbocycles. The van der Waals surface area contributed by atoms with Crippen molar-refractivity contribution >= 4 is 42.2 Å². The molecule has 1 N–H and O–H groups in total. The first-order valence-electron chi connectivity index (χ1n) is 15.3. The molecule has 46 heavy (non-hydrogen) atoms. The largest absolute Gasteiger partial charge is 0.497 e. The number of fused-ring (bicyclic) bond motifs is 2. The molecule has 12 heteroatoms. The van der Waals surface area contributed by atoms with Crippen LogP contribution in [0.2, 0.25) is 25.7 Å². The van der Waals surface area contributed by atoms with Crippen LogP contribution in [0.3, 0.4) is 0 Å². The Morgan fingerprint density at radius 1 is 1.04 bits per heavy atom. The van der Waals surface area contributed by atoms with E-state index in [0.29, 0.717) is 30.5 Å². The summed E-state index contributed by atoms with van der Waals surface area (Å²) in [7, 11) is 0.436. The van der Waals surface area contributed by atoms with Crippen LogP contribution in [0.5, 0.6) is 5.75 Å². The van der Waals surface area contributed by atoms with Gasteiger partial charge < -0.3 is 19.4 Å². The van der Waals surface area contributed by atoms with Crippen molar-refractivity contribution in [3.8, 4) is 11.4 Å². The first-order chi connectivity index (χ1) is 22.1. The molecular weight excluding hydrogens is 615 g/mol.